The van der Waals surface area contributed by atoms with Gasteiger partial charge in [-0.05, 0) is 11.6 Å². The highest BCUT2D eigenvalue weighted by Crippen LogP contribution is 2.35. The number of nitrogens with zero attached hydrogens (tertiary/aromatic N) is 3. The fraction of sp³-hybridized carbons (Fsp3) is 0.312. The Balaban J connectivity index is 1.78. The average Bonchev–Trinajstić information content (AvgIpc) is 3.27. The minimum absolute atomic E-state index is 0.00476. The van der Waals surface area contributed by atoms with E-state index in [1.54, 1.807) is 5.38 Å². The molecule has 0 radical (unpaired) electrons. The lowest BCUT2D eigenvalue weighted by Crippen LogP contribution is -2.24. The number of rotatable bonds is 6. The Bertz CT molecular complexity index is 1190. The molecule has 0 saturated carbocycles. The van der Waals surface area contributed by atoms with Crippen LogP contribution in [0.25, 0.3) is 21.3 Å². The van der Waals surface area contributed by atoms with Crippen LogP contribution in [-0.4, -0.2) is 35.3 Å². The van der Waals surface area contributed by atoms with Gasteiger partial charge in [0.25, 0.3) is 9.84 Å². The molecule has 0 fully saturated rings. The lowest BCUT2D eigenvalue weighted by Gasteiger charge is -2.09. The minimum Gasteiger partial charge on any atom is -0.233 e. The Morgan fingerprint density at radius 2 is 1.74 bits per heavy atom. The van der Waals surface area contributed by atoms with Gasteiger partial charge in [0, 0.05) is 23.8 Å². The second kappa shape index (κ2) is 8.64. The summed E-state index contributed by atoms with van der Waals surface area (Å²) in [5, 5.41) is 10.0. The predicted molar refractivity (Wildman–Crippen MR) is 105 cm³/mol. The van der Waals surface area contributed by atoms with E-state index in [1.807, 2.05) is 0 Å². The molecule has 5 nitrogen and oxygen atoms in total. The highest BCUT2D eigenvalue weighted by Gasteiger charge is 2.45. The summed E-state index contributed by atoms with van der Waals surface area (Å²) in [5.41, 5.74) is -4.82. The summed E-state index contributed by atoms with van der Waals surface area (Å²) >= 11 is 8.21. The van der Waals surface area contributed by atoms with Gasteiger partial charge in [-0.1, -0.05) is 35.1 Å². The number of sulfone groups is 1. The van der Waals surface area contributed by atoms with Crippen LogP contribution in [0.4, 0.5) is 26.3 Å². The van der Waals surface area contributed by atoms with E-state index in [9.17, 15) is 34.8 Å². The van der Waals surface area contributed by atoms with Crippen LogP contribution < -0.4 is 0 Å². The first kappa shape index (κ1) is 23.9. The number of benzene rings is 1. The van der Waals surface area contributed by atoms with E-state index in [4.69, 9.17) is 11.6 Å². The predicted octanol–water partition coefficient (Wildman–Crippen LogP) is 5.91. The number of halogens is 7. The molecule has 3 rings (SSSR count). The standard InChI is InChI=1S/C16H10ClF6N3O2S3/c17-10-5-8(7-31(27,28)16(21,22)23)1-2-9(10)11-6-29-13(24-11)14-26-25-12(30-14)3-4-15(18,19)20/h1-2,5-6H,3-4,7H2. The molecule has 2 aromatic heterocycles. The van der Waals surface area contributed by atoms with E-state index in [0.29, 0.717) is 21.3 Å². The molecule has 0 aliphatic heterocycles. The topological polar surface area (TPSA) is 72.8 Å². The number of aryl methyl sites for hydroxylation is 1. The first-order chi connectivity index (χ1) is 14.2. The molecule has 1 aromatic carbocycles. The number of hydrogen-bond donors (Lipinski definition) is 0. The van der Waals surface area contributed by atoms with Crippen LogP contribution in [0.3, 0.4) is 0 Å². The first-order valence-corrected chi connectivity index (χ1v) is 11.9. The van der Waals surface area contributed by atoms with E-state index >= 15 is 0 Å². The molecule has 0 amide bonds. The summed E-state index contributed by atoms with van der Waals surface area (Å²) in [4.78, 5) is 4.30. The van der Waals surface area contributed by atoms with E-state index in [-0.39, 0.29) is 22.0 Å². The highest BCUT2D eigenvalue weighted by molar-refractivity contribution is 7.91. The molecular weight excluding hydrogens is 512 g/mol. The SMILES string of the molecule is O=S(=O)(Cc1ccc(-c2csc(-c3nnc(CCC(F)(F)F)s3)n2)c(Cl)c1)C(F)(F)F. The van der Waals surface area contributed by atoms with Gasteiger partial charge in [-0.25, -0.2) is 13.4 Å². The second-order valence-electron chi connectivity index (χ2n) is 6.17. The van der Waals surface area contributed by atoms with Crippen LogP contribution in [0.5, 0.6) is 0 Å². The van der Waals surface area contributed by atoms with Gasteiger partial charge >= 0.3 is 11.7 Å². The molecule has 0 aliphatic carbocycles. The van der Waals surface area contributed by atoms with Gasteiger partial charge in [-0.2, -0.15) is 26.3 Å². The molecule has 0 bridgehead atoms. The Morgan fingerprint density at radius 3 is 2.35 bits per heavy atom. The summed E-state index contributed by atoms with van der Waals surface area (Å²) in [6.07, 6.45) is -5.62. The third-order valence-corrected chi connectivity index (χ3v) is 7.49. The molecule has 0 unspecified atom stereocenters. The Hall–Kier alpha value is -1.77. The molecule has 3 aromatic rings. The molecule has 0 atom stereocenters. The maximum absolute atomic E-state index is 12.5. The van der Waals surface area contributed by atoms with Crippen molar-refractivity contribution in [2.45, 2.75) is 30.3 Å². The second-order valence-corrected chi connectivity index (χ2v) is 10.5. The van der Waals surface area contributed by atoms with Crippen molar-refractivity contribution < 1.29 is 34.8 Å². The summed E-state index contributed by atoms with van der Waals surface area (Å²) < 4.78 is 97.2. The monoisotopic (exact) mass is 521 g/mol. The molecule has 15 heteroatoms. The van der Waals surface area contributed by atoms with Crippen molar-refractivity contribution in [3.05, 3.63) is 39.2 Å². The summed E-state index contributed by atoms with van der Waals surface area (Å²) in [5.74, 6) is -1.25. The van der Waals surface area contributed by atoms with Crippen LogP contribution >= 0.6 is 34.3 Å². The van der Waals surface area contributed by atoms with Crippen LogP contribution in [0, 0.1) is 0 Å². The maximum Gasteiger partial charge on any atom is 0.497 e. The van der Waals surface area contributed by atoms with Gasteiger partial charge < -0.3 is 0 Å². The highest BCUT2D eigenvalue weighted by atomic mass is 35.5. The molecular formula is C16H10ClF6N3O2S3. The molecule has 168 valence electrons. The summed E-state index contributed by atoms with van der Waals surface area (Å²) in [6, 6.07) is 3.65. The number of thiazole rings is 1. The molecule has 2 heterocycles. The molecule has 0 spiro atoms. The minimum atomic E-state index is -5.37. The quantitative estimate of drug-likeness (QED) is 0.377. The number of hydrogen-bond acceptors (Lipinski definition) is 7. The zero-order chi connectivity index (χ0) is 23.0. The van der Waals surface area contributed by atoms with Gasteiger partial charge in [0.15, 0.2) is 10.0 Å². The van der Waals surface area contributed by atoms with Crippen molar-refractivity contribution in [2.24, 2.45) is 0 Å². The smallest absolute Gasteiger partial charge is 0.233 e. The van der Waals surface area contributed by atoms with Crippen LogP contribution in [0.1, 0.15) is 17.0 Å². The molecule has 0 aliphatic rings. The largest absolute Gasteiger partial charge is 0.497 e. The van der Waals surface area contributed by atoms with Crippen molar-refractivity contribution >= 4 is 44.1 Å². The Morgan fingerprint density at radius 1 is 1.03 bits per heavy atom. The molecule has 31 heavy (non-hydrogen) atoms. The van der Waals surface area contributed by atoms with Crippen molar-refractivity contribution in [1.29, 1.82) is 0 Å². The van der Waals surface area contributed by atoms with E-state index in [0.717, 1.165) is 28.7 Å². The third kappa shape index (κ3) is 5.93. The Labute approximate surface area is 184 Å². The van der Waals surface area contributed by atoms with Gasteiger partial charge in [0.2, 0.25) is 0 Å². The zero-order valence-corrected chi connectivity index (χ0v) is 18.2. The average molecular weight is 522 g/mol. The van der Waals surface area contributed by atoms with Crippen LogP contribution in [0.2, 0.25) is 5.02 Å². The van der Waals surface area contributed by atoms with E-state index in [2.05, 4.69) is 15.2 Å². The number of aromatic nitrogens is 3. The van der Waals surface area contributed by atoms with Gasteiger partial charge in [-0.15, -0.1) is 21.5 Å². The van der Waals surface area contributed by atoms with E-state index in [1.165, 1.54) is 12.1 Å². The molecule has 0 saturated heterocycles. The van der Waals surface area contributed by atoms with Crippen LogP contribution in [-0.2, 0) is 22.0 Å². The zero-order valence-electron chi connectivity index (χ0n) is 15.0. The van der Waals surface area contributed by atoms with Crippen LogP contribution in [0.15, 0.2) is 23.6 Å². The fourth-order valence-electron chi connectivity index (χ4n) is 2.34. The van der Waals surface area contributed by atoms with Crippen molar-refractivity contribution in [2.75, 3.05) is 0 Å². The maximum atomic E-state index is 12.5. The van der Waals surface area contributed by atoms with Crippen molar-refractivity contribution in [1.82, 2.24) is 15.2 Å². The lowest BCUT2D eigenvalue weighted by atomic mass is 10.1. The van der Waals surface area contributed by atoms with E-state index < -0.39 is 33.7 Å². The fourth-order valence-corrected chi connectivity index (χ4v) is 5.11. The molecule has 0 N–H and O–H groups in total. The third-order valence-electron chi connectivity index (χ3n) is 3.80. The summed E-state index contributed by atoms with van der Waals surface area (Å²) in [7, 11) is -5.35. The first-order valence-electron chi connectivity index (χ1n) is 8.18. The van der Waals surface area contributed by atoms with Gasteiger partial charge in [0.05, 0.1) is 16.5 Å². The lowest BCUT2D eigenvalue weighted by molar-refractivity contribution is -0.134. The Kier molecular flexibility index (Phi) is 6.65. The van der Waals surface area contributed by atoms with Gasteiger partial charge in [0.1, 0.15) is 5.01 Å². The number of alkyl halides is 6. The van der Waals surface area contributed by atoms with Crippen molar-refractivity contribution in [3.63, 3.8) is 0 Å². The van der Waals surface area contributed by atoms with Crippen molar-refractivity contribution in [3.8, 4) is 21.3 Å². The van der Waals surface area contributed by atoms with Gasteiger partial charge in [-0.3, -0.25) is 0 Å². The summed E-state index contributed by atoms with van der Waals surface area (Å²) in [6.45, 7) is 0. The normalized spacial score (nSPS) is 13.0.